The van der Waals surface area contributed by atoms with Crippen molar-refractivity contribution in [3.8, 4) is 0 Å². The normalized spacial score (nSPS) is 13.0. The molecule has 0 aliphatic heterocycles. The fourth-order valence-electron chi connectivity index (χ4n) is 1.21. The van der Waals surface area contributed by atoms with Crippen LogP contribution in [0.25, 0.3) is 0 Å². The molecule has 0 aromatic heterocycles. The molecule has 0 rings (SSSR count). The van der Waals surface area contributed by atoms with Gasteiger partial charge in [-0.2, -0.15) is 0 Å². The lowest BCUT2D eigenvalue weighted by atomic mass is 9.94. The zero-order chi connectivity index (χ0) is 8.69. The molecule has 0 heterocycles. The fraction of sp³-hybridized carbons (Fsp3) is 0.889. The number of hydrogen-bond donors (Lipinski definition) is 0. The molecule has 11 heavy (non-hydrogen) atoms. The summed E-state index contributed by atoms with van der Waals surface area (Å²) in [5, 5.41) is 0. The molecule has 0 N–H and O–H groups in total. The van der Waals surface area contributed by atoms with Crippen LogP contribution in [0, 0.1) is 5.92 Å². The topological polar surface area (TPSA) is 17.1 Å². The van der Waals surface area contributed by atoms with Gasteiger partial charge in [0.2, 0.25) is 0 Å². The maximum Gasteiger partial charge on any atom is 0.135 e. The van der Waals surface area contributed by atoms with E-state index in [-0.39, 0.29) is 18.4 Å². The summed E-state index contributed by atoms with van der Waals surface area (Å²) < 4.78 is 11.7. The van der Waals surface area contributed by atoms with Gasteiger partial charge in [0.25, 0.3) is 0 Å². The Bertz CT molecular complexity index is 112. The van der Waals surface area contributed by atoms with Crippen molar-refractivity contribution >= 4 is 5.78 Å². The number of halogens is 1. The average Bonchev–Trinajstić information content (AvgIpc) is 2.05. The molecule has 0 aliphatic rings. The van der Waals surface area contributed by atoms with E-state index >= 15 is 0 Å². The second-order valence-electron chi connectivity index (χ2n) is 2.76. The van der Waals surface area contributed by atoms with Gasteiger partial charge in [-0.1, -0.05) is 13.8 Å². The van der Waals surface area contributed by atoms with Crippen LogP contribution in [-0.4, -0.2) is 12.5 Å². The molecule has 0 aromatic carbocycles. The fourth-order valence-corrected chi connectivity index (χ4v) is 1.21. The molecule has 0 bridgehead atoms. The standard InChI is InChI=1S/C9H17FO/c1-3-8(6-5-7-10)9(11)4-2/h8H,3-7H2,1-2H3/i10-1. The molecule has 0 amide bonds. The van der Waals surface area contributed by atoms with Crippen LogP contribution in [0.1, 0.15) is 39.5 Å². The minimum absolute atomic E-state index is 0.107. The monoisotopic (exact) mass is 159 g/mol. The Labute approximate surface area is 68.0 Å². The second kappa shape index (κ2) is 6.32. The molecular formula is C9H17FO. The van der Waals surface area contributed by atoms with Crippen LogP contribution >= 0.6 is 0 Å². The van der Waals surface area contributed by atoms with E-state index < -0.39 is 0 Å². The van der Waals surface area contributed by atoms with E-state index in [1.54, 1.807) is 0 Å². The number of hydrogen-bond acceptors (Lipinski definition) is 1. The van der Waals surface area contributed by atoms with Crippen LogP contribution in [0.5, 0.6) is 0 Å². The Balaban J connectivity index is 3.65. The zero-order valence-electron chi connectivity index (χ0n) is 7.40. The first-order valence-corrected chi connectivity index (χ1v) is 4.34. The van der Waals surface area contributed by atoms with E-state index in [0.717, 1.165) is 12.8 Å². The lowest BCUT2D eigenvalue weighted by Crippen LogP contribution is -2.12. The van der Waals surface area contributed by atoms with E-state index in [1.165, 1.54) is 0 Å². The van der Waals surface area contributed by atoms with Crippen molar-refractivity contribution in [3.63, 3.8) is 0 Å². The molecule has 0 radical (unpaired) electrons. The van der Waals surface area contributed by atoms with Crippen molar-refractivity contribution in [1.82, 2.24) is 0 Å². The maximum absolute atomic E-state index is 11.7. The van der Waals surface area contributed by atoms with Crippen LogP contribution in [0.3, 0.4) is 0 Å². The van der Waals surface area contributed by atoms with Gasteiger partial charge in [-0.05, 0) is 19.3 Å². The molecule has 0 saturated carbocycles. The molecular weight excluding hydrogens is 142 g/mol. The summed E-state index contributed by atoms with van der Waals surface area (Å²) in [4.78, 5) is 11.1. The van der Waals surface area contributed by atoms with Crippen molar-refractivity contribution in [3.05, 3.63) is 0 Å². The third-order valence-corrected chi connectivity index (χ3v) is 1.98. The quantitative estimate of drug-likeness (QED) is 0.582. The molecule has 0 spiro atoms. The molecule has 1 unspecified atom stereocenters. The summed E-state index contributed by atoms with van der Waals surface area (Å²) in [5.74, 6) is 0.386. The number of Topliss-reactive ketones (excluding diaryl/α,β-unsaturated/α-hetero) is 1. The number of carbonyl (C=O) groups excluding carboxylic acids is 1. The number of carbonyl (C=O) groups is 1. The van der Waals surface area contributed by atoms with Gasteiger partial charge in [-0.15, -0.1) is 0 Å². The van der Waals surface area contributed by atoms with E-state index in [1.807, 2.05) is 13.8 Å². The average molecular weight is 159 g/mol. The third-order valence-electron chi connectivity index (χ3n) is 1.98. The van der Waals surface area contributed by atoms with Gasteiger partial charge in [0.05, 0.1) is 6.67 Å². The van der Waals surface area contributed by atoms with Gasteiger partial charge in [-0.3, -0.25) is 9.18 Å². The van der Waals surface area contributed by atoms with Gasteiger partial charge in [-0.25, -0.2) is 0 Å². The highest BCUT2D eigenvalue weighted by Gasteiger charge is 2.12. The van der Waals surface area contributed by atoms with Gasteiger partial charge in [0.1, 0.15) is 5.78 Å². The molecule has 0 aliphatic carbocycles. The molecule has 1 nitrogen and oxygen atoms in total. The summed E-state index contributed by atoms with van der Waals surface area (Å²) in [6, 6.07) is 0. The summed E-state index contributed by atoms with van der Waals surface area (Å²) in [5.41, 5.74) is 0. The summed E-state index contributed by atoms with van der Waals surface area (Å²) in [6.45, 7) is 3.55. The Morgan fingerprint density at radius 2 is 2.09 bits per heavy atom. The van der Waals surface area contributed by atoms with E-state index in [2.05, 4.69) is 0 Å². The zero-order valence-corrected chi connectivity index (χ0v) is 7.40. The smallest absolute Gasteiger partial charge is 0.135 e. The minimum atomic E-state index is -0.298. The van der Waals surface area contributed by atoms with Crippen LogP contribution in [0.2, 0.25) is 0 Å². The third kappa shape index (κ3) is 4.12. The van der Waals surface area contributed by atoms with E-state index in [9.17, 15) is 9.18 Å². The number of ketones is 1. The van der Waals surface area contributed by atoms with Crippen molar-refractivity contribution < 1.29 is 9.18 Å². The van der Waals surface area contributed by atoms with Crippen LogP contribution < -0.4 is 0 Å². The number of alkyl halides is 1. The number of rotatable bonds is 6. The Morgan fingerprint density at radius 3 is 2.45 bits per heavy atom. The predicted octanol–water partition coefficient (Wildman–Crippen LogP) is 2.74. The first-order chi connectivity index (χ1) is 5.26. The van der Waals surface area contributed by atoms with E-state index in [4.69, 9.17) is 0 Å². The van der Waals surface area contributed by atoms with Gasteiger partial charge < -0.3 is 0 Å². The van der Waals surface area contributed by atoms with E-state index in [0.29, 0.717) is 12.8 Å². The van der Waals surface area contributed by atoms with Gasteiger partial charge >= 0.3 is 0 Å². The Hall–Kier alpha value is -0.400. The van der Waals surface area contributed by atoms with Gasteiger partial charge in [0, 0.05) is 12.3 Å². The van der Waals surface area contributed by atoms with Crippen molar-refractivity contribution in [2.45, 2.75) is 39.5 Å². The minimum Gasteiger partial charge on any atom is -0.299 e. The maximum atomic E-state index is 11.7. The highest BCUT2D eigenvalue weighted by Crippen LogP contribution is 2.13. The van der Waals surface area contributed by atoms with Crippen molar-refractivity contribution in [2.75, 3.05) is 6.67 Å². The molecule has 2 heteroatoms. The molecule has 0 saturated heterocycles. The highest BCUT2D eigenvalue weighted by molar-refractivity contribution is 5.80. The highest BCUT2D eigenvalue weighted by atomic mass is 18.2. The largest absolute Gasteiger partial charge is 0.299 e. The molecule has 66 valence electrons. The van der Waals surface area contributed by atoms with Crippen molar-refractivity contribution in [1.29, 1.82) is 0 Å². The van der Waals surface area contributed by atoms with Crippen molar-refractivity contribution in [2.24, 2.45) is 5.92 Å². The molecule has 1 atom stereocenters. The molecule has 0 aromatic rings. The SMILES string of the molecule is CCC(=O)C(CC)CCC[18F]. The lowest BCUT2D eigenvalue weighted by Gasteiger charge is -2.10. The van der Waals surface area contributed by atoms with Crippen LogP contribution in [0.15, 0.2) is 0 Å². The van der Waals surface area contributed by atoms with Crippen LogP contribution in [-0.2, 0) is 4.79 Å². The summed E-state index contributed by atoms with van der Waals surface area (Å²) in [7, 11) is 0. The van der Waals surface area contributed by atoms with Gasteiger partial charge in [0.15, 0.2) is 0 Å². The Morgan fingerprint density at radius 1 is 1.45 bits per heavy atom. The summed E-state index contributed by atoms with van der Waals surface area (Å²) in [6.07, 6.45) is 2.70. The summed E-state index contributed by atoms with van der Waals surface area (Å²) >= 11 is 0. The predicted molar refractivity (Wildman–Crippen MR) is 44.3 cm³/mol. The Kier molecular flexibility index (Phi) is 6.09. The first-order valence-electron chi connectivity index (χ1n) is 4.34. The lowest BCUT2D eigenvalue weighted by molar-refractivity contribution is -0.122. The molecule has 0 fully saturated rings. The van der Waals surface area contributed by atoms with Crippen LogP contribution in [0.4, 0.5) is 4.39 Å². The second-order valence-corrected chi connectivity index (χ2v) is 2.76. The first kappa shape index (κ1) is 10.6.